The van der Waals surface area contributed by atoms with Crippen molar-refractivity contribution in [1.29, 1.82) is 0 Å². The highest BCUT2D eigenvalue weighted by molar-refractivity contribution is 5.77. The van der Waals surface area contributed by atoms with Gasteiger partial charge in [0.05, 0.1) is 26.4 Å². The first-order chi connectivity index (χ1) is 13.6. The average molecular weight is 383 g/mol. The number of benzene rings is 2. The molecule has 1 N–H and O–H groups in total. The number of hydrogen-bond donors (Lipinski definition) is 1. The van der Waals surface area contributed by atoms with Crippen LogP contribution in [-0.2, 0) is 9.53 Å². The molecule has 0 aromatic heterocycles. The molecule has 1 heterocycles. The summed E-state index contributed by atoms with van der Waals surface area (Å²) in [5, 5.41) is 3.36. The van der Waals surface area contributed by atoms with Gasteiger partial charge in [-0.05, 0) is 42.7 Å². The molecule has 5 heteroatoms. The Labute approximate surface area is 167 Å². The summed E-state index contributed by atoms with van der Waals surface area (Å²) in [5.74, 6) is 1.01. The minimum absolute atomic E-state index is 0.0290. The molecule has 1 aliphatic rings. The van der Waals surface area contributed by atoms with Gasteiger partial charge in [0.2, 0.25) is 5.91 Å². The van der Waals surface area contributed by atoms with E-state index in [0.717, 1.165) is 35.6 Å². The van der Waals surface area contributed by atoms with E-state index >= 15 is 0 Å². The van der Waals surface area contributed by atoms with E-state index in [1.54, 1.807) is 7.11 Å². The van der Waals surface area contributed by atoms with Crippen molar-refractivity contribution in [1.82, 2.24) is 10.2 Å². The number of hydrogen-bond acceptors (Lipinski definition) is 4. The third-order valence-corrected chi connectivity index (χ3v) is 5.34. The summed E-state index contributed by atoms with van der Waals surface area (Å²) in [5.41, 5.74) is 3.38. The van der Waals surface area contributed by atoms with Crippen LogP contribution in [0.15, 0.2) is 48.5 Å². The molecule has 150 valence electrons. The normalized spacial score (nSPS) is 17.8. The van der Waals surface area contributed by atoms with Crippen molar-refractivity contribution in [2.24, 2.45) is 0 Å². The highest BCUT2D eigenvalue weighted by atomic mass is 16.5. The lowest BCUT2D eigenvalue weighted by molar-refractivity contribution is -0.134. The predicted molar refractivity (Wildman–Crippen MR) is 111 cm³/mol. The Hall–Kier alpha value is -2.37. The van der Waals surface area contributed by atoms with Crippen molar-refractivity contribution in [3.05, 3.63) is 54.1 Å². The number of carbonyl (C=O) groups is 1. The Balaban J connectivity index is 1.69. The lowest BCUT2D eigenvalue weighted by Gasteiger charge is -2.31. The van der Waals surface area contributed by atoms with Crippen LogP contribution in [0.4, 0.5) is 0 Å². The number of morpholine rings is 1. The molecule has 0 aliphatic carbocycles. The fraction of sp³-hybridized carbons (Fsp3) is 0.435. The van der Waals surface area contributed by atoms with Crippen LogP contribution in [0.1, 0.15) is 31.9 Å². The van der Waals surface area contributed by atoms with Gasteiger partial charge in [-0.25, -0.2) is 0 Å². The number of carbonyl (C=O) groups excluding carboxylic acids is 1. The van der Waals surface area contributed by atoms with E-state index in [1.807, 2.05) is 30.0 Å². The van der Waals surface area contributed by atoms with Crippen molar-refractivity contribution < 1.29 is 14.3 Å². The summed E-state index contributed by atoms with van der Waals surface area (Å²) < 4.78 is 10.8. The molecule has 1 aliphatic heterocycles. The van der Waals surface area contributed by atoms with Gasteiger partial charge in [0.15, 0.2) is 0 Å². The molecule has 1 saturated heterocycles. The zero-order valence-electron chi connectivity index (χ0n) is 17.0. The Morgan fingerprint density at radius 3 is 2.68 bits per heavy atom. The summed E-state index contributed by atoms with van der Waals surface area (Å²) in [7, 11) is 1.68. The summed E-state index contributed by atoms with van der Waals surface area (Å²) in [4.78, 5) is 14.8. The van der Waals surface area contributed by atoms with Crippen LogP contribution in [-0.4, -0.2) is 50.3 Å². The first kappa shape index (κ1) is 20.4. The number of nitrogens with zero attached hydrogens (tertiary/aromatic N) is 1. The van der Waals surface area contributed by atoms with Crippen LogP contribution in [0.5, 0.6) is 5.75 Å². The molecule has 2 atom stereocenters. The van der Waals surface area contributed by atoms with Crippen LogP contribution >= 0.6 is 0 Å². The smallest absolute Gasteiger partial charge is 0.224 e. The van der Waals surface area contributed by atoms with Gasteiger partial charge in [0.25, 0.3) is 0 Å². The largest absolute Gasteiger partial charge is 0.497 e. The van der Waals surface area contributed by atoms with Crippen molar-refractivity contribution in [3.63, 3.8) is 0 Å². The SMILES string of the molecule is CCN(C(=O)CC1COCCN1)C(C)c1ccc(-c2cccc(OC)c2)cc1. The molecule has 3 rings (SSSR count). The number of ether oxygens (including phenoxy) is 2. The van der Waals surface area contributed by atoms with E-state index < -0.39 is 0 Å². The van der Waals surface area contributed by atoms with Gasteiger partial charge in [0, 0.05) is 25.6 Å². The molecule has 1 fully saturated rings. The van der Waals surface area contributed by atoms with E-state index in [0.29, 0.717) is 19.6 Å². The molecule has 0 bridgehead atoms. The summed E-state index contributed by atoms with van der Waals surface area (Å²) in [6.45, 7) is 6.94. The Kier molecular flexibility index (Phi) is 7.06. The minimum atomic E-state index is 0.0290. The third kappa shape index (κ3) is 4.91. The van der Waals surface area contributed by atoms with E-state index in [9.17, 15) is 4.79 Å². The maximum Gasteiger partial charge on any atom is 0.224 e. The van der Waals surface area contributed by atoms with Crippen molar-refractivity contribution >= 4 is 5.91 Å². The molecule has 2 aromatic rings. The Morgan fingerprint density at radius 1 is 1.25 bits per heavy atom. The highest BCUT2D eigenvalue weighted by Gasteiger charge is 2.24. The second kappa shape index (κ2) is 9.71. The van der Waals surface area contributed by atoms with E-state index in [-0.39, 0.29) is 18.0 Å². The molecule has 0 radical (unpaired) electrons. The van der Waals surface area contributed by atoms with E-state index in [1.165, 1.54) is 0 Å². The topological polar surface area (TPSA) is 50.8 Å². The zero-order valence-corrected chi connectivity index (χ0v) is 17.0. The Bertz CT molecular complexity index is 770. The summed E-state index contributed by atoms with van der Waals surface area (Å²) >= 11 is 0. The number of methoxy groups -OCH3 is 1. The molecule has 2 unspecified atom stereocenters. The maximum atomic E-state index is 12.8. The number of rotatable bonds is 7. The standard InChI is InChI=1S/C23H30N2O3/c1-4-25(23(26)15-21-16-28-13-12-24-21)17(2)18-8-10-19(11-9-18)20-6-5-7-22(14-20)27-3/h5-11,14,17,21,24H,4,12-13,15-16H2,1-3H3. The lowest BCUT2D eigenvalue weighted by atomic mass is 10.00. The fourth-order valence-electron chi connectivity index (χ4n) is 3.68. The molecular formula is C23H30N2O3. The van der Waals surface area contributed by atoms with Gasteiger partial charge < -0.3 is 19.7 Å². The van der Waals surface area contributed by atoms with Gasteiger partial charge in [-0.1, -0.05) is 36.4 Å². The molecule has 5 nitrogen and oxygen atoms in total. The van der Waals surface area contributed by atoms with E-state index in [2.05, 4.69) is 42.6 Å². The monoisotopic (exact) mass is 382 g/mol. The second-order valence-corrected chi connectivity index (χ2v) is 7.14. The fourth-order valence-corrected chi connectivity index (χ4v) is 3.68. The molecule has 0 spiro atoms. The van der Waals surface area contributed by atoms with Crippen molar-refractivity contribution in [2.75, 3.05) is 33.4 Å². The Morgan fingerprint density at radius 2 is 2.04 bits per heavy atom. The molecule has 1 amide bonds. The second-order valence-electron chi connectivity index (χ2n) is 7.14. The lowest BCUT2D eigenvalue weighted by Crippen LogP contribution is -2.45. The van der Waals surface area contributed by atoms with Crippen molar-refractivity contribution in [2.45, 2.75) is 32.4 Å². The first-order valence-corrected chi connectivity index (χ1v) is 9.97. The number of amides is 1. The summed E-state index contributed by atoms with van der Waals surface area (Å²) in [6, 6.07) is 16.6. The van der Waals surface area contributed by atoms with Crippen molar-refractivity contribution in [3.8, 4) is 16.9 Å². The van der Waals surface area contributed by atoms with Gasteiger partial charge in [-0.2, -0.15) is 0 Å². The van der Waals surface area contributed by atoms with Gasteiger partial charge >= 0.3 is 0 Å². The summed E-state index contributed by atoms with van der Waals surface area (Å²) in [6.07, 6.45) is 0.472. The first-order valence-electron chi connectivity index (χ1n) is 9.97. The van der Waals surface area contributed by atoms with Crippen LogP contribution in [0.25, 0.3) is 11.1 Å². The zero-order chi connectivity index (χ0) is 19.9. The molecule has 28 heavy (non-hydrogen) atoms. The third-order valence-electron chi connectivity index (χ3n) is 5.34. The predicted octanol–water partition coefficient (Wildman–Crippen LogP) is 3.65. The molecule has 0 saturated carbocycles. The maximum absolute atomic E-state index is 12.8. The van der Waals surface area contributed by atoms with Crippen LogP contribution in [0, 0.1) is 0 Å². The average Bonchev–Trinajstić information content (AvgIpc) is 2.75. The quantitative estimate of drug-likeness (QED) is 0.794. The number of nitrogens with one attached hydrogen (secondary N) is 1. The van der Waals surface area contributed by atoms with Crippen LogP contribution in [0.3, 0.4) is 0 Å². The highest BCUT2D eigenvalue weighted by Crippen LogP contribution is 2.27. The van der Waals surface area contributed by atoms with E-state index in [4.69, 9.17) is 9.47 Å². The molecule has 2 aromatic carbocycles. The van der Waals surface area contributed by atoms with Gasteiger partial charge in [-0.3, -0.25) is 4.79 Å². The van der Waals surface area contributed by atoms with Crippen LogP contribution < -0.4 is 10.1 Å². The van der Waals surface area contributed by atoms with Gasteiger partial charge in [0.1, 0.15) is 5.75 Å². The molecular weight excluding hydrogens is 352 g/mol. The van der Waals surface area contributed by atoms with Crippen LogP contribution in [0.2, 0.25) is 0 Å². The van der Waals surface area contributed by atoms with Gasteiger partial charge in [-0.15, -0.1) is 0 Å². The minimum Gasteiger partial charge on any atom is -0.497 e.